The van der Waals surface area contributed by atoms with Crippen LogP contribution in [-0.4, -0.2) is 61.5 Å². The largest absolute Gasteiger partial charge is 0.390 e. The summed E-state index contributed by atoms with van der Waals surface area (Å²) < 4.78 is 28.2. The normalized spacial score (nSPS) is 26.5. The molecule has 174 valence electrons. The van der Waals surface area contributed by atoms with Crippen LogP contribution in [0.5, 0.6) is 0 Å². The number of nitrogens with one attached hydrogen (secondary N) is 1. The van der Waals surface area contributed by atoms with Gasteiger partial charge in [-0.2, -0.15) is 0 Å². The van der Waals surface area contributed by atoms with Crippen LogP contribution in [0.4, 0.5) is 14.6 Å². The number of carbonyl (C=O) groups is 1. The van der Waals surface area contributed by atoms with Gasteiger partial charge in [-0.1, -0.05) is 0 Å². The molecule has 3 heterocycles. The summed E-state index contributed by atoms with van der Waals surface area (Å²) >= 11 is 0. The minimum atomic E-state index is -0.943. The number of nitrogens with zero attached hydrogens (tertiary/aromatic N) is 4. The van der Waals surface area contributed by atoms with Crippen LogP contribution in [0.1, 0.15) is 54.1 Å². The average molecular weight is 457 g/mol. The number of hydrogen-bond donors (Lipinski definition) is 3. The number of anilines is 1. The van der Waals surface area contributed by atoms with Crippen molar-refractivity contribution >= 4 is 17.4 Å². The number of amides is 1. The monoisotopic (exact) mass is 457 g/mol. The maximum atomic E-state index is 14.2. The van der Waals surface area contributed by atoms with Gasteiger partial charge < -0.3 is 20.4 Å². The highest BCUT2D eigenvalue weighted by Gasteiger charge is 2.39. The zero-order valence-electron chi connectivity index (χ0n) is 18.1. The van der Waals surface area contributed by atoms with Gasteiger partial charge in [-0.15, -0.1) is 0 Å². The second-order valence-electron chi connectivity index (χ2n) is 8.85. The van der Waals surface area contributed by atoms with Crippen LogP contribution in [0.2, 0.25) is 0 Å². The van der Waals surface area contributed by atoms with E-state index in [1.54, 1.807) is 11.8 Å². The molecule has 1 aromatic heterocycles. The minimum Gasteiger partial charge on any atom is -0.390 e. The predicted molar refractivity (Wildman–Crippen MR) is 116 cm³/mol. The first kappa shape index (κ1) is 21.8. The SMILES string of the molecule is Cc1c(F)cc(F)cc1[C@H]1CCCN1C(=O)C1=NCc2ncnc(N[C@@H]3CC[C@@H](O)[C@H]3O)c21. The van der Waals surface area contributed by atoms with Gasteiger partial charge in [0.05, 0.1) is 42.1 Å². The van der Waals surface area contributed by atoms with Gasteiger partial charge in [-0.3, -0.25) is 9.79 Å². The van der Waals surface area contributed by atoms with Gasteiger partial charge in [-0.25, -0.2) is 18.7 Å². The Morgan fingerprint density at radius 1 is 1.18 bits per heavy atom. The Kier molecular flexibility index (Phi) is 5.57. The van der Waals surface area contributed by atoms with Crippen LogP contribution >= 0.6 is 0 Å². The Bertz CT molecular complexity index is 1140. The molecule has 2 aliphatic heterocycles. The fourth-order valence-electron chi connectivity index (χ4n) is 5.08. The molecule has 0 radical (unpaired) electrons. The standard InChI is InChI=1S/C23H25F2N5O3/c1-11-13(7-12(24)8-14(11)25)17-3-2-6-30(17)23(33)20-19-16(9-26-20)27-10-28-22(19)29-15-4-5-18(31)21(15)32/h7-8,10,15,17-18,21,31-32H,2-6,9H2,1H3,(H,27,28,29)/t15-,17-,18-,21+/m1/s1. The molecule has 0 unspecified atom stereocenters. The van der Waals surface area contributed by atoms with Crippen LogP contribution in [0.3, 0.4) is 0 Å². The summed E-state index contributed by atoms with van der Waals surface area (Å²) in [5, 5.41) is 23.2. The highest BCUT2D eigenvalue weighted by Crippen LogP contribution is 2.37. The predicted octanol–water partition coefficient (Wildman–Crippen LogP) is 2.03. The lowest BCUT2D eigenvalue weighted by Gasteiger charge is -2.27. The fourth-order valence-corrected chi connectivity index (χ4v) is 5.08. The quantitative estimate of drug-likeness (QED) is 0.648. The second-order valence-corrected chi connectivity index (χ2v) is 8.85. The maximum absolute atomic E-state index is 14.2. The summed E-state index contributed by atoms with van der Waals surface area (Å²) in [7, 11) is 0. The Morgan fingerprint density at radius 3 is 2.76 bits per heavy atom. The number of benzene rings is 1. The fraction of sp³-hybridized carbons (Fsp3) is 0.478. The van der Waals surface area contributed by atoms with E-state index in [-0.39, 0.29) is 18.2 Å². The van der Waals surface area contributed by atoms with E-state index in [0.717, 1.165) is 6.07 Å². The number of hydrogen-bond acceptors (Lipinski definition) is 7. The highest BCUT2D eigenvalue weighted by atomic mass is 19.1. The van der Waals surface area contributed by atoms with Crippen LogP contribution < -0.4 is 5.32 Å². The van der Waals surface area contributed by atoms with Crippen molar-refractivity contribution in [2.45, 2.75) is 63.4 Å². The molecule has 1 aliphatic carbocycles. The summed E-state index contributed by atoms with van der Waals surface area (Å²) in [5.41, 5.74) is 2.05. The number of likely N-dealkylation sites (tertiary alicyclic amines) is 1. The zero-order chi connectivity index (χ0) is 23.3. The molecule has 3 aliphatic rings. The summed E-state index contributed by atoms with van der Waals surface area (Å²) in [5.74, 6) is -1.27. The molecule has 1 saturated carbocycles. The van der Waals surface area contributed by atoms with E-state index in [1.165, 1.54) is 12.4 Å². The Balaban J connectivity index is 1.45. The number of aliphatic imine (C=N–C) groups is 1. The van der Waals surface area contributed by atoms with Gasteiger partial charge in [0, 0.05) is 12.6 Å². The number of rotatable bonds is 4. The number of fused-ring (bicyclic) bond motifs is 1. The molecule has 8 nitrogen and oxygen atoms in total. The van der Waals surface area contributed by atoms with Gasteiger partial charge >= 0.3 is 0 Å². The van der Waals surface area contributed by atoms with Crippen molar-refractivity contribution in [3.05, 3.63) is 52.5 Å². The Labute approximate surface area is 189 Å². The second kappa shape index (κ2) is 8.42. The molecule has 0 spiro atoms. The van der Waals surface area contributed by atoms with Crippen LogP contribution in [0.25, 0.3) is 0 Å². The van der Waals surface area contributed by atoms with E-state index in [4.69, 9.17) is 0 Å². The van der Waals surface area contributed by atoms with Crippen molar-refractivity contribution in [1.29, 1.82) is 0 Å². The molecule has 1 amide bonds. The lowest BCUT2D eigenvalue weighted by Crippen LogP contribution is -2.38. The Morgan fingerprint density at radius 2 is 2.00 bits per heavy atom. The van der Waals surface area contributed by atoms with E-state index < -0.39 is 35.9 Å². The van der Waals surface area contributed by atoms with E-state index >= 15 is 0 Å². The first-order chi connectivity index (χ1) is 15.8. The molecule has 2 fully saturated rings. The van der Waals surface area contributed by atoms with Gasteiger partial charge in [0.1, 0.15) is 29.5 Å². The third-order valence-electron chi connectivity index (χ3n) is 6.88. The first-order valence-electron chi connectivity index (χ1n) is 11.1. The summed E-state index contributed by atoms with van der Waals surface area (Å²) in [6.45, 7) is 2.25. The number of halogens is 2. The van der Waals surface area contributed by atoms with Crippen molar-refractivity contribution in [2.75, 3.05) is 11.9 Å². The van der Waals surface area contributed by atoms with E-state index in [2.05, 4.69) is 20.3 Å². The van der Waals surface area contributed by atoms with Crippen LogP contribution in [0.15, 0.2) is 23.5 Å². The van der Waals surface area contributed by atoms with Gasteiger partial charge in [0.25, 0.3) is 5.91 Å². The number of aliphatic hydroxyl groups excluding tert-OH is 2. The van der Waals surface area contributed by atoms with Crippen molar-refractivity contribution < 1.29 is 23.8 Å². The number of aromatic nitrogens is 2. The van der Waals surface area contributed by atoms with E-state index in [1.807, 2.05) is 0 Å². The third kappa shape index (κ3) is 3.76. The molecular formula is C23H25F2N5O3. The molecule has 33 heavy (non-hydrogen) atoms. The molecule has 4 atom stereocenters. The van der Waals surface area contributed by atoms with Crippen molar-refractivity contribution in [3.8, 4) is 0 Å². The van der Waals surface area contributed by atoms with Gasteiger partial charge in [0.2, 0.25) is 0 Å². The highest BCUT2D eigenvalue weighted by molar-refractivity contribution is 6.47. The number of aliphatic hydroxyl groups is 2. The molecule has 2 aromatic rings. The topological polar surface area (TPSA) is 111 Å². The van der Waals surface area contributed by atoms with Crippen molar-refractivity contribution in [2.24, 2.45) is 4.99 Å². The molecule has 1 aromatic carbocycles. The van der Waals surface area contributed by atoms with Gasteiger partial charge in [-0.05, 0) is 49.8 Å². The van der Waals surface area contributed by atoms with E-state index in [0.29, 0.717) is 60.4 Å². The molecular weight excluding hydrogens is 432 g/mol. The molecule has 0 bridgehead atoms. The molecule has 10 heteroatoms. The zero-order valence-corrected chi connectivity index (χ0v) is 18.1. The summed E-state index contributed by atoms with van der Waals surface area (Å²) in [4.78, 5) is 28.2. The van der Waals surface area contributed by atoms with E-state index in [9.17, 15) is 23.8 Å². The lowest BCUT2D eigenvalue weighted by molar-refractivity contribution is -0.124. The Hall–Kier alpha value is -2.98. The maximum Gasteiger partial charge on any atom is 0.273 e. The molecule has 1 saturated heterocycles. The van der Waals surface area contributed by atoms with Crippen molar-refractivity contribution in [1.82, 2.24) is 14.9 Å². The summed E-state index contributed by atoms with van der Waals surface area (Å²) in [6.07, 6.45) is 1.94. The van der Waals surface area contributed by atoms with Crippen molar-refractivity contribution in [3.63, 3.8) is 0 Å². The summed E-state index contributed by atoms with van der Waals surface area (Å²) in [6, 6.07) is 1.28. The number of carbonyl (C=O) groups excluding carboxylic acids is 1. The first-order valence-corrected chi connectivity index (χ1v) is 11.1. The third-order valence-corrected chi connectivity index (χ3v) is 6.88. The molecule has 3 N–H and O–H groups in total. The van der Waals surface area contributed by atoms with Gasteiger partial charge in [0.15, 0.2) is 0 Å². The lowest BCUT2D eigenvalue weighted by atomic mass is 9.98. The average Bonchev–Trinajstić information content (AvgIpc) is 3.52. The smallest absolute Gasteiger partial charge is 0.273 e. The van der Waals surface area contributed by atoms with Crippen LogP contribution in [-0.2, 0) is 11.3 Å². The molecule has 5 rings (SSSR count). The van der Waals surface area contributed by atoms with Crippen LogP contribution in [0, 0.1) is 18.6 Å². The minimum absolute atomic E-state index is 0.197.